The maximum Gasteiger partial charge on any atom is 0.167 e. The largest absolute Gasteiger partial charge is 0.493 e. The molecular formula is C26H28F2N4O2. The summed E-state index contributed by atoms with van der Waals surface area (Å²) >= 11 is 0. The van der Waals surface area contributed by atoms with Gasteiger partial charge in [-0.15, -0.1) is 5.11 Å². The zero-order valence-electron chi connectivity index (χ0n) is 19.7. The number of hydrogen-bond donors (Lipinski definition) is 0. The normalized spacial score (nSPS) is 11.8. The number of azo groups is 2. The molecule has 3 aromatic rings. The standard InChI is InChI=1S/C26H28F2N4O2/c1-17(2)15-33-22-11-9-21(10-12-22)30-29-19-5-7-20(8-6-19)31-32-25-13-24(28)26(14-23(25)27)34-16-18(3)4/h5-14,17-18H,15-16H2,1-4H3. The SMILES string of the molecule is CC(C)COc1ccc(N=Nc2ccc(N=Nc3cc(F)c(OCC(C)C)cc3F)cc2)cc1. The van der Waals surface area contributed by atoms with E-state index in [-0.39, 0.29) is 17.4 Å². The first kappa shape index (κ1) is 25.0. The third kappa shape index (κ3) is 7.72. The number of hydrogen-bond acceptors (Lipinski definition) is 6. The predicted octanol–water partition coefficient (Wildman–Crippen LogP) is 8.87. The molecule has 3 rings (SSSR count). The second kappa shape index (κ2) is 12.0. The van der Waals surface area contributed by atoms with E-state index in [1.807, 2.05) is 38.1 Å². The lowest BCUT2D eigenvalue weighted by Crippen LogP contribution is -2.05. The molecule has 0 radical (unpaired) electrons. The van der Waals surface area contributed by atoms with Gasteiger partial charge in [0.05, 0.1) is 30.3 Å². The van der Waals surface area contributed by atoms with E-state index in [1.165, 1.54) is 0 Å². The number of halogens is 2. The fourth-order valence-corrected chi connectivity index (χ4v) is 2.65. The van der Waals surface area contributed by atoms with Crippen LogP contribution in [0.15, 0.2) is 81.1 Å². The monoisotopic (exact) mass is 466 g/mol. The van der Waals surface area contributed by atoms with Crippen LogP contribution >= 0.6 is 0 Å². The van der Waals surface area contributed by atoms with E-state index in [0.29, 0.717) is 36.2 Å². The molecule has 0 aliphatic heterocycles. The van der Waals surface area contributed by atoms with Crippen molar-refractivity contribution in [3.05, 3.63) is 72.3 Å². The van der Waals surface area contributed by atoms with Crippen LogP contribution in [0.2, 0.25) is 0 Å². The molecule has 34 heavy (non-hydrogen) atoms. The molecule has 6 nitrogen and oxygen atoms in total. The summed E-state index contributed by atoms with van der Waals surface area (Å²) in [6.07, 6.45) is 0. The average molecular weight is 467 g/mol. The van der Waals surface area contributed by atoms with Crippen LogP contribution in [-0.4, -0.2) is 13.2 Å². The van der Waals surface area contributed by atoms with Crippen LogP contribution in [0.25, 0.3) is 0 Å². The van der Waals surface area contributed by atoms with Crippen LogP contribution in [-0.2, 0) is 0 Å². The second-order valence-electron chi connectivity index (χ2n) is 8.55. The first-order valence-corrected chi connectivity index (χ1v) is 11.1. The van der Waals surface area contributed by atoms with Gasteiger partial charge >= 0.3 is 0 Å². The van der Waals surface area contributed by atoms with Crippen molar-refractivity contribution in [2.24, 2.45) is 32.3 Å². The first-order valence-electron chi connectivity index (χ1n) is 11.1. The minimum absolute atomic E-state index is 0.141. The van der Waals surface area contributed by atoms with Crippen LogP contribution in [0.4, 0.5) is 31.5 Å². The summed E-state index contributed by atoms with van der Waals surface area (Å²) in [5.41, 5.74) is 1.56. The molecule has 0 saturated carbocycles. The molecule has 3 aromatic carbocycles. The van der Waals surface area contributed by atoms with E-state index in [1.54, 1.807) is 24.3 Å². The average Bonchev–Trinajstić information content (AvgIpc) is 2.82. The first-order chi connectivity index (χ1) is 16.3. The van der Waals surface area contributed by atoms with Crippen molar-refractivity contribution in [2.45, 2.75) is 27.7 Å². The number of ether oxygens (including phenoxy) is 2. The Labute approximate surface area is 198 Å². The van der Waals surface area contributed by atoms with Crippen LogP contribution in [0.5, 0.6) is 11.5 Å². The van der Waals surface area contributed by atoms with Crippen LogP contribution in [0.1, 0.15) is 27.7 Å². The fourth-order valence-electron chi connectivity index (χ4n) is 2.65. The third-order valence-corrected chi connectivity index (χ3v) is 4.40. The molecule has 0 aromatic heterocycles. The van der Waals surface area contributed by atoms with Crippen molar-refractivity contribution in [3.63, 3.8) is 0 Å². The fraction of sp³-hybridized carbons (Fsp3) is 0.308. The Morgan fingerprint density at radius 1 is 0.618 bits per heavy atom. The summed E-state index contributed by atoms with van der Waals surface area (Å²) in [5.74, 6) is -0.106. The molecule has 0 amide bonds. The van der Waals surface area contributed by atoms with Crippen molar-refractivity contribution < 1.29 is 18.3 Å². The molecule has 0 fully saturated rings. The summed E-state index contributed by atoms with van der Waals surface area (Å²) in [7, 11) is 0. The van der Waals surface area contributed by atoms with E-state index in [0.717, 1.165) is 17.9 Å². The van der Waals surface area contributed by atoms with Gasteiger partial charge in [0, 0.05) is 12.1 Å². The molecule has 178 valence electrons. The highest BCUT2D eigenvalue weighted by molar-refractivity contribution is 5.49. The van der Waals surface area contributed by atoms with Crippen molar-refractivity contribution >= 4 is 22.7 Å². The highest BCUT2D eigenvalue weighted by Crippen LogP contribution is 2.29. The van der Waals surface area contributed by atoms with E-state index in [4.69, 9.17) is 9.47 Å². The lowest BCUT2D eigenvalue weighted by molar-refractivity contribution is 0.258. The van der Waals surface area contributed by atoms with Gasteiger partial charge in [0.25, 0.3) is 0 Å². The van der Waals surface area contributed by atoms with Gasteiger partial charge in [0.15, 0.2) is 17.4 Å². The predicted molar refractivity (Wildman–Crippen MR) is 128 cm³/mol. The Balaban J connectivity index is 1.61. The topological polar surface area (TPSA) is 67.9 Å². The summed E-state index contributed by atoms with van der Waals surface area (Å²) in [4.78, 5) is 0. The summed E-state index contributed by atoms with van der Waals surface area (Å²) in [5, 5.41) is 16.2. The third-order valence-electron chi connectivity index (χ3n) is 4.40. The Kier molecular flexibility index (Phi) is 8.79. The molecule has 0 N–H and O–H groups in total. The van der Waals surface area contributed by atoms with Gasteiger partial charge in [-0.1, -0.05) is 27.7 Å². The molecule has 0 bridgehead atoms. The Morgan fingerprint density at radius 2 is 1.09 bits per heavy atom. The van der Waals surface area contributed by atoms with Gasteiger partial charge < -0.3 is 9.47 Å². The highest BCUT2D eigenvalue weighted by atomic mass is 19.1. The van der Waals surface area contributed by atoms with E-state index < -0.39 is 11.6 Å². The van der Waals surface area contributed by atoms with Crippen molar-refractivity contribution in [2.75, 3.05) is 13.2 Å². The van der Waals surface area contributed by atoms with Gasteiger partial charge in [-0.2, -0.15) is 15.3 Å². The Hall–Kier alpha value is -3.68. The van der Waals surface area contributed by atoms with Crippen molar-refractivity contribution in [1.29, 1.82) is 0 Å². The molecule has 0 unspecified atom stereocenters. The number of nitrogens with zero attached hydrogens (tertiary/aromatic N) is 4. The second-order valence-corrected chi connectivity index (χ2v) is 8.55. The van der Waals surface area contributed by atoms with Gasteiger partial charge in [-0.3, -0.25) is 0 Å². The maximum atomic E-state index is 14.3. The molecule has 0 heterocycles. The molecule has 0 spiro atoms. The maximum absolute atomic E-state index is 14.3. The van der Waals surface area contributed by atoms with E-state index in [2.05, 4.69) is 34.3 Å². The zero-order chi connectivity index (χ0) is 24.5. The van der Waals surface area contributed by atoms with Crippen LogP contribution < -0.4 is 9.47 Å². The molecule has 8 heteroatoms. The minimum atomic E-state index is -0.713. The highest BCUT2D eigenvalue weighted by Gasteiger charge is 2.11. The van der Waals surface area contributed by atoms with Gasteiger partial charge in [-0.05, 0) is 60.4 Å². The van der Waals surface area contributed by atoms with Gasteiger partial charge in [0.2, 0.25) is 0 Å². The van der Waals surface area contributed by atoms with Gasteiger partial charge in [0.1, 0.15) is 11.4 Å². The van der Waals surface area contributed by atoms with E-state index >= 15 is 0 Å². The van der Waals surface area contributed by atoms with Crippen LogP contribution in [0.3, 0.4) is 0 Å². The van der Waals surface area contributed by atoms with Gasteiger partial charge in [-0.25, -0.2) is 8.78 Å². The zero-order valence-corrected chi connectivity index (χ0v) is 19.7. The Morgan fingerprint density at radius 3 is 1.62 bits per heavy atom. The lowest BCUT2D eigenvalue weighted by Gasteiger charge is -2.10. The number of benzene rings is 3. The molecule has 0 aliphatic carbocycles. The quantitative estimate of drug-likeness (QED) is 0.280. The summed E-state index contributed by atoms with van der Waals surface area (Å²) in [6, 6.07) is 16.0. The Bertz CT molecular complexity index is 1130. The molecule has 0 aliphatic rings. The van der Waals surface area contributed by atoms with Crippen molar-refractivity contribution in [1.82, 2.24) is 0 Å². The summed E-state index contributed by atoms with van der Waals surface area (Å²) < 4.78 is 39.3. The number of rotatable bonds is 10. The molecule has 0 atom stereocenters. The van der Waals surface area contributed by atoms with Crippen LogP contribution in [0, 0.1) is 23.5 Å². The smallest absolute Gasteiger partial charge is 0.167 e. The minimum Gasteiger partial charge on any atom is -0.493 e. The van der Waals surface area contributed by atoms with E-state index in [9.17, 15) is 8.78 Å². The summed E-state index contributed by atoms with van der Waals surface area (Å²) in [6.45, 7) is 8.97. The lowest BCUT2D eigenvalue weighted by atomic mass is 10.2. The molecular weight excluding hydrogens is 438 g/mol. The molecule has 0 saturated heterocycles. The van der Waals surface area contributed by atoms with Crippen molar-refractivity contribution in [3.8, 4) is 11.5 Å².